The van der Waals surface area contributed by atoms with E-state index in [1.165, 1.54) is 16.7 Å². The third-order valence-corrected chi connectivity index (χ3v) is 5.49. The first kappa shape index (κ1) is 14.8. The molecule has 3 rings (SSSR count). The van der Waals surface area contributed by atoms with Gasteiger partial charge in [-0.25, -0.2) is 0 Å². The van der Waals surface area contributed by atoms with Crippen molar-refractivity contribution in [1.29, 1.82) is 0 Å². The number of alkyl halides is 1. The van der Waals surface area contributed by atoms with E-state index in [1.807, 2.05) is 13.1 Å². The molecule has 2 aromatic rings. The van der Waals surface area contributed by atoms with Crippen molar-refractivity contribution in [2.24, 2.45) is 0 Å². The largest absolute Gasteiger partial charge is 0.315 e. The molecule has 0 radical (unpaired) electrons. The van der Waals surface area contributed by atoms with E-state index in [9.17, 15) is 4.79 Å². The Morgan fingerprint density at radius 3 is 2.67 bits per heavy atom. The van der Waals surface area contributed by atoms with Gasteiger partial charge in [0.2, 0.25) is 5.91 Å². The zero-order valence-electron chi connectivity index (χ0n) is 11.9. The van der Waals surface area contributed by atoms with E-state index < -0.39 is 0 Å². The lowest BCUT2D eigenvalue weighted by Crippen LogP contribution is -2.20. The van der Waals surface area contributed by atoms with E-state index in [0.29, 0.717) is 6.42 Å². The highest BCUT2D eigenvalue weighted by Crippen LogP contribution is 2.37. The lowest BCUT2D eigenvalue weighted by Gasteiger charge is -2.16. The number of rotatable bonds is 2. The fourth-order valence-corrected chi connectivity index (χ4v) is 4.02. The minimum absolute atomic E-state index is 0.136. The van der Waals surface area contributed by atoms with Crippen LogP contribution in [0, 0.1) is 6.92 Å². The Kier molecular flexibility index (Phi) is 3.93. The molecule has 1 atom stereocenters. The van der Waals surface area contributed by atoms with E-state index in [2.05, 4.69) is 69.1 Å². The fraction of sp³-hybridized carbons (Fsp3) is 0.235. The van der Waals surface area contributed by atoms with Gasteiger partial charge < -0.3 is 4.90 Å². The molecular weight excluding hydrogens is 394 g/mol. The molecule has 1 unspecified atom stereocenters. The number of hydrogen-bond acceptors (Lipinski definition) is 1. The third-order valence-electron chi connectivity index (χ3n) is 3.98. The van der Waals surface area contributed by atoms with Gasteiger partial charge in [-0.3, -0.25) is 4.79 Å². The lowest BCUT2D eigenvalue weighted by atomic mass is 9.98. The van der Waals surface area contributed by atoms with Crippen LogP contribution in [0.15, 0.2) is 40.9 Å². The summed E-state index contributed by atoms with van der Waals surface area (Å²) >= 11 is 7.29. The molecule has 0 aliphatic carbocycles. The van der Waals surface area contributed by atoms with Gasteiger partial charge in [-0.05, 0) is 47.4 Å². The van der Waals surface area contributed by atoms with Crippen LogP contribution in [0.25, 0.3) is 0 Å². The fourth-order valence-electron chi connectivity index (χ4n) is 2.75. The van der Waals surface area contributed by atoms with Crippen molar-refractivity contribution in [3.63, 3.8) is 0 Å². The van der Waals surface area contributed by atoms with Crippen LogP contribution in [0.2, 0.25) is 0 Å². The van der Waals surface area contributed by atoms with Gasteiger partial charge in [0.15, 0.2) is 0 Å². The number of nitrogens with zero attached hydrogens (tertiary/aromatic N) is 1. The maximum Gasteiger partial charge on any atom is 0.231 e. The van der Waals surface area contributed by atoms with Crippen LogP contribution in [-0.4, -0.2) is 13.0 Å². The molecule has 2 nitrogen and oxygen atoms in total. The maximum atomic E-state index is 11.8. The normalized spacial score (nSPS) is 15.2. The van der Waals surface area contributed by atoms with Gasteiger partial charge in [0.05, 0.1) is 11.2 Å². The number of amides is 1. The summed E-state index contributed by atoms with van der Waals surface area (Å²) in [5, 5.41) is 0. The Morgan fingerprint density at radius 1 is 1.19 bits per heavy atom. The zero-order chi connectivity index (χ0) is 15.1. The molecule has 0 spiro atoms. The molecule has 0 bridgehead atoms. The molecule has 0 N–H and O–H groups in total. The first-order valence-electron chi connectivity index (χ1n) is 6.77. The number of halogens is 2. The number of carbonyl (C=O) groups is 1. The topological polar surface area (TPSA) is 20.3 Å². The molecule has 1 aliphatic heterocycles. The van der Waals surface area contributed by atoms with Crippen molar-refractivity contribution in [3.05, 3.63) is 63.1 Å². The predicted molar refractivity (Wildman–Crippen MR) is 93.2 cm³/mol. The molecule has 1 aliphatic rings. The van der Waals surface area contributed by atoms with Gasteiger partial charge in [-0.2, -0.15) is 0 Å². The molecule has 0 aromatic heterocycles. The second-order valence-electron chi connectivity index (χ2n) is 5.38. The Bertz CT molecular complexity index is 727. The average Bonchev–Trinajstić information content (AvgIpc) is 2.73. The summed E-state index contributed by atoms with van der Waals surface area (Å²) in [6.07, 6.45) is 0.499. The van der Waals surface area contributed by atoms with E-state index in [-0.39, 0.29) is 10.7 Å². The number of carbonyl (C=O) groups excluding carboxylic acids is 1. The minimum atomic E-state index is 0.136. The van der Waals surface area contributed by atoms with Crippen LogP contribution < -0.4 is 4.90 Å². The molecular formula is C17H15Br2NO. The van der Waals surface area contributed by atoms with Crippen molar-refractivity contribution in [2.75, 3.05) is 11.9 Å². The van der Waals surface area contributed by atoms with Crippen LogP contribution in [-0.2, 0) is 11.2 Å². The highest BCUT2D eigenvalue weighted by Gasteiger charge is 2.25. The number of hydrogen-bond donors (Lipinski definition) is 0. The molecule has 1 amide bonds. The number of likely N-dealkylation sites (N-methyl/N-ethyl adjacent to an activating group) is 1. The van der Waals surface area contributed by atoms with Crippen LogP contribution >= 0.6 is 31.9 Å². The van der Waals surface area contributed by atoms with Crippen molar-refractivity contribution in [1.82, 2.24) is 0 Å². The van der Waals surface area contributed by atoms with Crippen LogP contribution in [0.1, 0.15) is 27.1 Å². The monoisotopic (exact) mass is 407 g/mol. The average molecular weight is 409 g/mol. The van der Waals surface area contributed by atoms with Crippen molar-refractivity contribution in [3.8, 4) is 0 Å². The summed E-state index contributed by atoms with van der Waals surface area (Å²) in [5.74, 6) is 0.160. The van der Waals surface area contributed by atoms with Crippen LogP contribution in [0.4, 0.5) is 5.69 Å². The van der Waals surface area contributed by atoms with Crippen LogP contribution in [0.5, 0.6) is 0 Å². The van der Waals surface area contributed by atoms with Crippen molar-refractivity contribution in [2.45, 2.75) is 18.2 Å². The molecule has 21 heavy (non-hydrogen) atoms. The van der Waals surface area contributed by atoms with Gasteiger partial charge in [-0.1, -0.05) is 50.1 Å². The second kappa shape index (κ2) is 5.58. The van der Waals surface area contributed by atoms with Gasteiger partial charge in [0.25, 0.3) is 0 Å². The van der Waals surface area contributed by atoms with E-state index in [4.69, 9.17) is 0 Å². The summed E-state index contributed by atoms with van der Waals surface area (Å²) in [7, 11) is 1.83. The standard InChI is InChI=1S/C17H15Br2NO/c1-10-7-13(18)4-5-14(10)17(19)11-3-6-15-12(8-11)9-16(21)20(15)2/h3-8,17H,9H2,1-2H3. The van der Waals surface area contributed by atoms with E-state index >= 15 is 0 Å². The van der Waals surface area contributed by atoms with Gasteiger partial charge in [-0.15, -0.1) is 0 Å². The summed E-state index contributed by atoms with van der Waals surface area (Å²) in [6, 6.07) is 12.6. The lowest BCUT2D eigenvalue weighted by molar-refractivity contribution is -0.117. The molecule has 2 aromatic carbocycles. The zero-order valence-corrected chi connectivity index (χ0v) is 15.0. The predicted octanol–water partition coefficient (Wildman–Crippen LogP) is 4.76. The molecule has 108 valence electrons. The van der Waals surface area contributed by atoms with Gasteiger partial charge >= 0.3 is 0 Å². The van der Waals surface area contributed by atoms with E-state index in [0.717, 1.165) is 15.7 Å². The SMILES string of the molecule is Cc1cc(Br)ccc1C(Br)c1ccc2c(c1)CC(=O)N2C. The molecule has 1 heterocycles. The molecule has 0 saturated carbocycles. The Balaban J connectivity index is 1.98. The summed E-state index contributed by atoms with van der Waals surface area (Å²) in [4.78, 5) is 13.6. The number of benzene rings is 2. The number of anilines is 1. The van der Waals surface area contributed by atoms with Gasteiger partial charge in [0.1, 0.15) is 0 Å². The smallest absolute Gasteiger partial charge is 0.231 e. The molecule has 0 fully saturated rings. The summed E-state index contributed by atoms with van der Waals surface area (Å²) in [6.45, 7) is 2.11. The quantitative estimate of drug-likeness (QED) is 0.656. The first-order chi connectivity index (χ1) is 9.97. The van der Waals surface area contributed by atoms with Crippen molar-refractivity contribution < 1.29 is 4.79 Å². The Labute approximate surface area is 141 Å². The highest BCUT2D eigenvalue weighted by atomic mass is 79.9. The first-order valence-corrected chi connectivity index (χ1v) is 8.47. The van der Waals surface area contributed by atoms with E-state index in [1.54, 1.807) is 4.90 Å². The number of aryl methyl sites for hydroxylation is 1. The molecule has 0 saturated heterocycles. The second-order valence-corrected chi connectivity index (χ2v) is 7.21. The summed E-state index contributed by atoms with van der Waals surface area (Å²) < 4.78 is 1.09. The molecule has 4 heteroatoms. The summed E-state index contributed by atoms with van der Waals surface area (Å²) in [5.41, 5.74) is 5.80. The number of fused-ring (bicyclic) bond motifs is 1. The Hall–Kier alpha value is -1.13. The minimum Gasteiger partial charge on any atom is -0.315 e. The Morgan fingerprint density at radius 2 is 1.95 bits per heavy atom. The third kappa shape index (κ3) is 2.67. The van der Waals surface area contributed by atoms with Crippen LogP contribution in [0.3, 0.4) is 0 Å². The van der Waals surface area contributed by atoms with Crippen molar-refractivity contribution >= 4 is 43.5 Å². The highest BCUT2D eigenvalue weighted by molar-refractivity contribution is 9.10. The van der Waals surface area contributed by atoms with Gasteiger partial charge in [0, 0.05) is 17.2 Å². The maximum absolute atomic E-state index is 11.8.